The minimum Gasteiger partial charge on any atom is -0.465 e. The number of nitrogens with zero attached hydrogens (tertiary/aromatic N) is 1. The molecule has 0 aliphatic heterocycles. The third-order valence-corrected chi connectivity index (χ3v) is 1.67. The Bertz CT molecular complexity index is 298. The molecule has 0 spiro atoms. The van der Waals surface area contributed by atoms with E-state index in [0.717, 1.165) is 5.69 Å². The van der Waals surface area contributed by atoms with Gasteiger partial charge >= 0.3 is 5.97 Å². The second-order valence-corrected chi connectivity index (χ2v) is 2.75. The summed E-state index contributed by atoms with van der Waals surface area (Å²) in [6.45, 7) is 1.83. The lowest BCUT2D eigenvalue weighted by Gasteiger charge is -2.04. The van der Waals surface area contributed by atoms with Gasteiger partial charge in [-0.2, -0.15) is 0 Å². The van der Waals surface area contributed by atoms with Crippen LogP contribution in [0.5, 0.6) is 0 Å². The molecule has 14 heavy (non-hydrogen) atoms. The Morgan fingerprint density at radius 1 is 1.57 bits per heavy atom. The molecule has 2 N–H and O–H groups in total. The smallest absolute Gasteiger partial charge is 0.339 e. The third kappa shape index (κ3) is 2.97. The largest absolute Gasteiger partial charge is 0.465 e. The molecule has 0 amide bonds. The normalized spacial score (nSPS) is 11.4. The fourth-order valence-electron chi connectivity index (χ4n) is 0.913. The molecule has 0 saturated carbocycles. The second kappa shape index (κ2) is 5.57. The first kappa shape index (κ1) is 12.9. The third-order valence-electron chi connectivity index (χ3n) is 1.67. The fraction of sp³-hybridized carbons (Fsp3) is 0.333. The lowest BCUT2D eigenvalue weighted by Crippen LogP contribution is -2.08. The molecule has 0 radical (unpaired) electrons. The highest BCUT2D eigenvalue weighted by atomic mass is 35.5. The Morgan fingerprint density at radius 2 is 2.21 bits per heavy atom. The summed E-state index contributed by atoms with van der Waals surface area (Å²) in [5.74, 6) is -0.385. The van der Waals surface area contributed by atoms with E-state index in [1.165, 1.54) is 13.3 Å². The van der Waals surface area contributed by atoms with Gasteiger partial charge in [-0.15, -0.1) is 12.4 Å². The van der Waals surface area contributed by atoms with E-state index in [1.54, 1.807) is 12.1 Å². The van der Waals surface area contributed by atoms with Gasteiger partial charge in [0.25, 0.3) is 0 Å². The van der Waals surface area contributed by atoms with Crippen LogP contribution in [-0.2, 0) is 4.74 Å². The van der Waals surface area contributed by atoms with Crippen molar-refractivity contribution in [1.82, 2.24) is 4.98 Å². The zero-order chi connectivity index (χ0) is 9.84. The molecule has 0 unspecified atom stereocenters. The van der Waals surface area contributed by atoms with Gasteiger partial charge in [0, 0.05) is 12.2 Å². The molecule has 0 aliphatic carbocycles. The molecule has 1 atom stereocenters. The molecule has 1 aromatic rings. The van der Waals surface area contributed by atoms with E-state index in [4.69, 9.17) is 5.73 Å². The monoisotopic (exact) mass is 216 g/mol. The number of carbonyl (C=O) groups is 1. The van der Waals surface area contributed by atoms with Crippen LogP contribution in [0.1, 0.15) is 29.0 Å². The van der Waals surface area contributed by atoms with Gasteiger partial charge in [-0.1, -0.05) is 0 Å². The number of rotatable bonds is 2. The summed E-state index contributed by atoms with van der Waals surface area (Å²) >= 11 is 0. The highest BCUT2D eigenvalue weighted by Gasteiger charge is 2.06. The van der Waals surface area contributed by atoms with Crippen molar-refractivity contribution in [2.75, 3.05) is 7.11 Å². The first-order valence-electron chi connectivity index (χ1n) is 3.95. The van der Waals surface area contributed by atoms with Crippen molar-refractivity contribution >= 4 is 18.4 Å². The number of aromatic nitrogens is 1. The van der Waals surface area contributed by atoms with Crippen molar-refractivity contribution in [1.29, 1.82) is 0 Å². The van der Waals surface area contributed by atoms with E-state index in [-0.39, 0.29) is 24.4 Å². The zero-order valence-corrected chi connectivity index (χ0v) is 8.88. The average molecular weight is 217 g/mol. The Labute approximate surface area is 88.9 Å². The van der Waals surface area contributed by atoms with Crippen LogP contribution in [0.4, 0.5) is 0 Å². The first-order valence-corrected chi connectivity index (χ1v) is 3.95. The topological polar surface area (TPSA) is 65.2 Å². The highest BCUT2D eigenvalue weighted by molar-refractivity contribution is 5.88. The van der Waals surface area contributed by atoms with Crippen LogP contribution < -0.4 is 5.73 Å². The van der Waals surface area contributed by atoms with E-state index < -0.39 is 0 Å². The van der Waals surface area contributed by atoms with Gasteiger partial charge in [-0.05, 0) is 19.1 Å². The standard InChI is InChI=1S/C9H12N2O2.ClH/c1-6(10)8-4-3-7(5-11-8)9(12)13-2;/h3-6H,10H2,1-2H3;1H/t6-;/m1./s1. The number of ether oxygens (including phenoxy) is 1. The van der Waals surface area contributed by atoms with E-state index in [2.05, 4.69) is 9.72 Å². The molecule has 0 aromatic carbocycles. The number of carbonyl (C=O) groups excluding carboxylic acids is 1. The van der Waals surface area contributed by atoms with Gasteiger partial charge in [-0.3, -0.25) is 4.98 Å². The molecule has 78 valence electrons. The van der Waals surface area contributed by atoms with Crippen molar-refractivity contribution in [2.24, 2.45) is 5.73 Å². The maximum absolute atomic E-state index is 11.0. The number of hydrogen-bond acceptors (Lipinski definition) is 4. The van der Waals surface area contributed by atoms with Gasteiger partial charge in [-0.25, -0.2) is 4.79 Å². The second-order valence-electron chi connectivity index (χ2n) is 2.75. The van der Waals surface area contributed by atoms with Gasteiger partial charge in [0.2, 0.25) is 0 Å². The molecule has 1 rings (SSSR count). The molecule has 0 aliphatic rings. The lowest BCUT2D eigenvalue weighted by molar-refractivity contribution is 0.0600. The van der Waals surface area contributed by atoms with Gasteiger partial charge in [0.1, 0.15) is 0 Å². The fourth-order valence-corrected chi connectivity index (χ4v) is 0.913. The predicted molar refractivity (Wildman–Crippen MR) is 55.4 cm³/mol. The molecule has 1 heterocycles. The van der Waals surface area contributed by atoms with Crippen LogP contribution >= 0.6 is 12.4 Å². The number of nitrogens with two attached hydrogens (primary N) is 1. The van der Waals surface area contributed by atoms with Crippen LogP contribution in [-0.4, -0.2) is 18.1 Å². The van der Waals surface area contributed by atoms with E-state index in [1.807, 2.05) is 6.92 Å². The Balaban J connectivity index is 0.00000169. The van der Waals surface area contributed by atoms with Crippen molar-refractivity contribution < 1.29 is 9.53 Å². The van der Waals surface area contributed by atoms with Crippen molar-refractivity contribution in [3.05, 3.63) is 29.6 Å². The van der Waals surface area contributed by atoms with Crippen molar-refractivity contribution in [3.63, 3.8) is 0 Å². The summed E-state index contributed by atoms with van der Waals surface area (Å²) in [5, 5.41) is 0. The van der Waals surface area contributed by atoms with Gasteiger partial charge in [0.05, 0.1) is 18.4 Å². The summed E-state index contributed by atoms with van der Waals surface area (Å²) < 4.78 is 4.53. The number of hydrogen-bond donors (Lipinski definition) is 1. The van der Waals surface area contributed by atoms with Crippen molar-refractivity contribution in [2.45, 2.75) is 13.0 Å². The van der Waals surface area contributed by atoms with Gasteiger partial charge < -0.3 is 10.5 Å². The lowest BCUT2D eigenvalue weighted by atomic mass is 10.2. The first-order chi connectivity index (χ1) is 6.15. The van der Waals surface area contributed by atoms with E-state index in [9.17, 15) is 4.79 Å². The molecular weight excluding hydrogens is 204 g/mol. The summed E-state index contributed by atoms with van der Waals surface area (Å²) in [6.07, 6.45) is 1.46. The highest BCUT2D eigenvalue weighted by Crippen LogP contribution is 2.07. The summed E-state index contributed by atoms with van der Waals surface area (Å²) in [7, 11) is 1.34. The maximum Gasteiger partial charge on any atom is 0.339 e. The quantitative estimate of drug-likeness (QED) is 0.757. The average Bonchev–Trinajstić information content (AvgIpc) is 2.17. The van der Waals surface area contributed by atoms with E-state index in [0.29, 0.717) is 5.56 Å². The molecule has 0 bridgehead atoms. The Kier molecular flexibility index (Phi) is 5.12. The van der Waals surface area contributed by atoms with Gasteiger partial charge in [0.15, 0.2) is 0 Å². The summed E-state index contributed by atoms with van der Waals surface area (Å²) in [4.78, 5) is 15.0. The van der Waals surface area contributed by atoms with E-state index >= 15 is 0 Å². The number of methoxy groups -OCH3 is 1. The maximum atomic E-state index is 11.0. The molecule has 5 heteroatoms. The minimum atomic E-state index is -0.385. The van der Waals surface area contributed by atoms with Crippen LogP contribution in [0.3, 0.4) is 0 Å². The molecule has 4 nitrogen and oxygen atoms in total. The Morgan fingerprint density at radius 3 is 2.57 bits per heavy atom. The van der Waals surface area contributed by atoms with Crippen LogP contribution in [0.15, 0.2) is 18.3 Å². The molecule has 0 saturated heterocycles. The SMILES string of the molecule is COC(=O)c1ccc([C@@H](C)N)nc1.Cl. The van der Waals surface area contributed by atoms with Crippen LogP contribution in [0, 0.1) is 0 Å². The molecular formula is C9H13ClN2O2. The zero-order valence-electron chi connectivity index (χ0n) is 8.06. The van der Waals surface area contributed by atoms with Crippen LogP contribution in [0.2, 0.25) is 0 Å². The van der Waals surface area contributed by atoms with Crippen LogP contribution in [0.25, 0.3) is 0 Å². The summed E-state index contributed by atoms with van der Waals surface area (Å²) in [5.41, 5.74) is 6.79. The molecule has 1 aromatic heterocycles. The number of pyridine rings is 1. The number of esters is 1. The summed E-state index contributed by atoms with van der Waals surface area (Å²) in [6, 6.07) is 3.25. The Hall–Kier alpha value is -1.13. The minimum absolute atomic E-state index is 0. The molecule has 0 fully saturated rings. The predicted octanol–water partition coefficient (Wildman–Crippen LogP) is 1.31. The number of halogens is 1. The van der Waals surface area contributed by atoms with Crippen molar-refractivity contribution in [3.8, 4) is 0 Å².